The molecule has 0 spiro atoms. The highest BCUT2D eigenvalue weighted by molar-refractivity contribution is 6.63. The largest absolute Gasteiger partial charge is 0.444 e. The third-order valence-corrected chi connectivity index (χ3v) is 3.24. The molecule has 1 aromatic rings. The summed E-state index contributed by atoms with van der Waals surface area (Å²) < 4.78 is 9.95. The molecule has 0 saturated carbocycles. The Morgan fingerprint density at radius 1 is 1.33 bits per heavy atom. The van der Waals surface area contributed by atoms with Crippen molar-refractivity contribution in [1.82, 2.24) is 4.90 Å². The van der Waals surface area contributed by atoms with Crippen LogP contribution in [0.2, 0.25) is 0 Å². The number of cyclic esters (lactones) is 1. The summed E-state index contributed by atoms with van der Waals surface area (Å²) in [7, 11) is 0. The first-order valence-corrected chi connectivity index (χ1v) is 6.78. The fourth-order valence-corrected chi connectivity index (χ4v) is 2.06. The fourth-order valence-electron chi connectivity index (χ4n) is 1.95. The van der Waals surface area contributed by atoms with Gasteiger partial charge in [-0.1, -0.05) is 30.3 Å². The summed E-state index contributed by atoms with van der Waals surface area (Å²) in [6.45, 7) is -0.0703. The zero-order chi connectivity index (χ0) is 15.2. The summed E-state index contributed by atoms with van der Waals surface area (Å²) in [5, 5.41) is -0.563. The molecular weight excluding hydrogens is 298 g/mol. The topological polar surface area (TPSA) is 72.9 Å². The number of ether oxygens (including phenoxy) is 2. The number of benzene rings is 1. The number of carbonyl (C=O) groups is 3. The molecule has 0 N–H and O–H groups in total. The number of hydrogen-bond acceptors (Lipinski definition) is 5. The normalized spacial score (nSPS) is 17.5. The molecule has 0 aromatic heterocycles. The molecular formula is C14H14ClNO5. The van der Waals surface area contributed by atoms with Crippen LogP contribution in [-0.4, -0.2) is 35.0 Å². The van der Waals surface area contributed by atoms with Crippen LogP contribution < -0.4 is 0 Å². The Kier molecular flexibility index (Phi) is 5.16. The summed E-state index contributed by atoms with van der Waals surface area (Å²) in [4.78, 5) is 35.5. The highest BCUT2D eigenvalue weighted by Crippen LogP contribution is 2.18. The van der Waals surface area contributed by atoms with Crippen LogP contribution in [0.1, 0.15) is 18.4 Å². The van der Waals surface area contributed by atoms with Crippen molar-refractivity contribution in [2.75, 3.05) is 6.73 Å². The molecule has 1 saturated heterocycles. The Morgan fingerprint density at radius 2 is 2.05 bits per heavy atom. The first kappa shape index (κ1) is 15.3. The maximum atomic E-state index is 12.0. The van der Waals surface area contributed by atoms with Crippen molar-refractivity contribution in [3.8, 4) is 0 Å². The van der Waals surface area contributed by atoms with Crippen molar-refractivity contribution in [1.29, 1.82) is 0 Å². The van der Waals surface area contributed by atoms with Gasteiger partial charge in [0.2, 0.25) is 5.24 Å². The van der Waals surface area contributed by atoms with Gasteiger partial charge in [0.15, 0.2) is 6.73 Å². The summed E-state index contributed by atoms with van der Waals surface area (Å²) in [5.41, 5.74) is 0.838. The van der Waals surface area contributed by atoms with Crippen LogP contribution in [0.3, 0.4) is 0 Å². The molecule has 0 bridgehead atoms. The number of esters is 1. The summed E-state index contributed by atoms with van der Waals surface area (Å²) in [6.07, 6.45) is -0.539. The highest BCUT2D eigenvalue weighted by atomic mass is 35.5. The van der Waals surface area contributed by atoms with E-state index in [9.17, 15) is 14.4 Å². The zero-order valence-corrected chi connectivity index (χ0v) is 11.9. The molecule has 112 valence electrons. The van der Waals surface area contributed by atoms with E-state index in [4.69, 9.17) is 21.1 Å². The molecule has 1 aliphatic rings. The monoisotopic (exact) mass is 311 g/mol. The van der Waals surface area contributed by atoms with Crippen LogP contribution in [0.25, 0.3) is 0 Å². The van der Waals surface area contributed by atoms with Crippen molar-refractivity contribution >= 4 is 28.9 Å². The first-order chi connectivity index (χ1) is 10.1. The van der Waals surface area contributed by atoms with Gasteiger partial charge in [0.25, 0.3) is 0 Å². The third kappa shape index (κ3) is 4.19. The summed E-state index contributed by atoms with van der Waals surface area (Å²) in [6, 6.07) is 8.35. The van der Waals surface area contributed by atoms with E-state index in [-0.39, 0.29) is 26.2 Å². The maximum absolute atomic E-state index is 12.0. The van der Waals surface area contributed by atoms with E-state index in [1.165, 1.54) is 0 Å². The average Bonchev–Trinajstić information content (AvgIpc) is 2.85. The second-order valence-electron chi connectivity index (χ2n) is 4.51. The maximum Gasteiger partial charge on any atom is 0.413 e. The van der Waals surface area contributed by atoms with Gasteiger partial charge in [-0.3, -0.25) is 9.69 Å². The predicted molar refractivity (Wildman–Crippen MR) is 73.3 cm³/mol. The molecule has 6 nitrogen and oxygen atoms in total. The van der Waals surface area contributed by atoms with Crippen molar-refractivity contribution in [3.63, 3.8) is 0 Å². The van der Waals surface area contributed by atoms with Crippen molar-refractivity contribution < 1.29 is 23.9 Å². The minimum absolute atomic E-state index is 0.0101. The van der Waals surface area contributed by atoms with E-state index in [1.807, 2.05) is 30.3 Å². The highest BCUT2D eigenvalue weighted by Gasteiger charge is 2.38. The molecule has 1 aliphatic heterocycles. The van der Waals surface area contributed by atoms with Crippen LogP contribution in [0.15, 0.2) is 30.3 Å². The molecule has 1 amide bonds. The van der Waals surface area contributed by atoms with E-state index in [0.29, 0.717) is 0 Å². The molecule has 0 unspecified atom stereocenters. The second-order valence-corrected chi connectivity index (χ2v) is 4.93. The average molecular weight is 312 g/mol. The Bertz CT molecular complexity index is 533. The van der Waals surface area contributed by atoms with Gasteiger partial charge in [-0.15, -0.1) is 0 Å². The molecule has 1 aromatic carbocycles. The number of hydrogen-bond donors (Lipinski definition) is 0. The van der Waals surface area contributed by atoms with E-state index in [2.05, 4.69) is 0 Å². The van der Waals surface area contributed by atoms with Gasteiger partial charge in [0.05, 0.1) is 0 Å². The Balaban J connectivity index is 1.91. The lowest BCUT2D eigenvalue weighted by molar-refractivity contribution is -0.139. The number of rotatable bonds is 5. The molecule has 0 aliphatic carbocycles. The van der Waals surface area contributed by atoms with Gasteiger partial charge in [0, 0.05) is 6.42 Å². The number of nitrogens with zero attached hydrogens (tertiary/aromatic N) is 1. The number of halogens is 1. The lowest BCUT2D eigenvalue weighted by Crippen LogP contribution is -2.38. The molecule has 1 heterocycles. The zero-order valence-electron chi connectivity index (χ0n) is 11.2. The Hall–Kier alpha value is -2.08. The fraction of sp³-hybridized carbons (Fsp3) is 0.357. The van der Waals surface area contributed by atoms with E-state index in [1.54, 1.807) is 0 Å². The third-order valence-electron chi connectivity index (χ3n) is 3.05. The van der Waals surface area contributed by atoms with Crippen molar-refractivity contribution in [2.24, 2.45) is 0 Å². The summed E-state index contributed by atoms with van der Waals surface area (Å²) in [5.74, 6) is -0.551. The van der Waals surface area contributed by atoms with Crippen LogP contribution in [0, 0.1) is 0 Å². The molecule has 0 radical (unpaired) electrons. The molecule has 2 rings (SSSR count). The molecule has 7 heteroatoms. The van der Waals surface area contributed by atoms with Gasteiger partial charge in [-0.25, -0.2) is 9.59 Å². The van der Waals surface area contributed by atoms with Crippen LogP contribution in [-0.2, 0) is 25.7 Å². The minimum atomic E-state index is -0.823. The van der Waals surface area contributed by atoms with Crippen LogP contribution in [0.4, 0.5) is 4.79 Å². The van der Waals surface area contributed by atoms with Gasteiger partial charge >= 0.3 is 12.1 Å². The van der Waals surface area contributed by atoms with Crippen LogP contribution >= 0.6 is 11.6 Å². The van der Waals surface area contributed by atoms with Crippen molar-refractivity contribution in [2.45, 2.75) is 25.5 Å². The molecule has 1 fully saturated rings. The van der Waals surface area contributed by atoms with E-state index < -0.39 is 23.3 Å². The van der Waals surface area contributed by atoms with Gasteiger partial charge in [-0.05, 0) is 23.6 Å². The molecule has 21 heavy (non-hydrogen) atoms. The quantitative estimate of drug-likeness (QED) is 0.614. The summed E-state index contributed by atoms with van der Waals surface area (Å²) >= 11 is 5.25. The van der Waals surface area contributed by atoms with E-state index in [0.717, 1.165) is 10.5 Å². The van der Waals surface area contributed by atoms with Gasteiger partial charge < -0.3 is 9.47 Å². The standard InChI is InChI=1S/C14H14ClNO5/c15-12(17)7-6-11-13(18)21-9-16(11)14(19)20-8-10-4-2-1-3-5-10/h1-5,11H,6-9H2/t11-/m0/s1. The number of amides is 1. The minimum Gasteiger partial charge on any atom is -0.444 e. The van der Waals surface area contributed by atoms with Crippen LogP contribution in [0.5, 0.6) is 0 Å². The van der Waals surface area contributed by atoms with Gasteiger partial charge in [0.1, 0.15) is 12.6 Å². The SMILES string of the molecule is O=C(Cl)CC[C@H]1C(=O)OCN1C(=O)OCc1ccccc1. The number of carbonyl (C=O) groups excluding carboxylic acids is 3. The molecule has 1 atom stereocenters. The van der Waals surface area contributed by atoms with Gasteiger partial charge in [-0.2, -0.15) is 0 Å². The predicted octanol–water partition coefficient (Wildman–Crippen LogP) is 2.05. The first-order valence-electron chi connectivity index (χ1n) is 6.40. The second kappa shape index (κ2) is 7.08. The Labute approximate surface area is 126 Å². The van der Waals surface area contributed by atoms with E-state index >= 15 is 0 Å². The van der Waals surface area contributed by atoms with Crippen molar-refractivity contribution in [3.05, 3.63) is 35.9 Å². The lowest BCUT2D eigenvalue weighted by atomic mass is 10.1. The smallest absolute Gasteiger partial charge is 0.413 e. The lowest BCUT2D eigenvalue weighted by Gasteiger charge is -2.19. The Morgan fingerprint density at radius 3 is 2.71 bits per heavy atom.